The van der Waals surface area contributed by atoms with Crippen LogP contribution in [0.15, 0.2) is 0 Å². The number of sulfonamides is 1. The number of likely N-dealkylation sites (tertiary alicyclic amines) is 1. The molecule has 2 N–H and O–H groups in total. The van der Waals surface area contributed by atoms with Crippen LogP contribution in [0.25, 0.3) is 0 Å². The molecular weight excluding hydrogens is 188 g/mol. The van der Waals surface area contributed by atoms with E-state index < -0.39 is 10.0 Å². The first-order chi connectivity index (χ1) is 5.95. The summed E-state index contributed by atoms with van der Waals surface area (Å²) in [5.74, 6) is 0. The molecule has 2 unspecified atom stereocenters. The monoisotopic (exact) mass is 206 g/mol. The molecule has 1 aliphatic heterocycles. The highest BCUT2D eigenvalue weighted by Gasteiger charge is 2.32. The fourth-order valence-electron chi connectivity index (χ4n) is 1.68. The molecule has 5 heteroatoms. The summed E-state index contributed by atoms with van der Waals surface area (Å²) in [5, 5.41) is 4.74. The Morgan fingerprint density at radius 1 is 1.62 bits per heavy atom. The maximum Gasteiger partial charge on any atom is 0.213 e. The highest BCUT2D eigenvalue weighted by molar-refractivity contribution is 7.89. The Hall–Kier alpha value is -0.130. The summed E-state index contributed by atoms with van der Waals surface area (Å²) in [6.07, 6.45) is 1.74. The molecule has 0 amide bonds. The Bertz CT molecular complexity index is 263. The van der Waals surface area contributed by atoms with Gasteiger partial charge in [0.25, 0.3) is 0 Å². The minimum Gasteiger partial charge on any atom is -0.299 e. The zero-order valence-electron chi connectivity index (χ0n) is 8.23. The van der Waals surface area contributed by atoms with Gasteiger partial charge in [-0.15, -0.1) is 0 Å². The Kier molecular flexibility index (Phi) is 3.32. The maximum atomic E-state index is 11.0. The van der Waals surface area contributed by atoms with Crippen molar-refractivity contribution in [3.8, 4) is 0 Å². The Balaban J connectivity index is 2.55. The third kappa shape index (κ3) is 2.65. The van der Waals surface area contributed by atoms with Crippen molar-refractivity contribution in [1.29, 1.82) is 0 Å². The average Bonchev–Trinajstić information content (AvgIpc) is 2.50. The van der Waals surface area contributed by atoms with E-state index in [2.05, 4.69) is 18.7 Å². The van der Waals surface area contributed by atoms with Crippen molar-refractivity contribution in [2.75, 3.05) is 13.1 Å². The van der Waals surface area contributed by atoms with E-state index in [1.54, 1.807) is 0 Å². The summed E-state index contributed by atoms with van der Waals surface area (Å²) in [6.45, 7) is 5.68. The molecule has 0 radical (unpaired) electrons. The molecule has 1 heterocycles. The summed E-state index contributed by atoms with van der Waals surface area (Å²) < 4.78 is 22.1. The number of nitrogens with zero attached hydrogens (tertiary/aromatic N) is 1. The van der Waals surface area contributed by atoms with Gasteiger partial charge in [0, 0.05) is 12.6 Å². The van der Waals surface area contributed by atoms with Gasteiger partial charge in [-0.05, 0) is 26.3 Å². The van der Waals surface area contributed by atoms with E-state index in [4.69, 9.17) is 5.14 Å². The molecule has 0 spiro atoms. The minimum atomic E-state index is -3.32. The maximum absolute atomic E-state index is 11.0. The van der Waals surface area contributed by atoms with Gasteiger partial charge >= 0.3 is 0 Å². The van der Waals surface area contributed by atoms with Gasteiger partial charge in [-0.3, -0.25) is 4.90 Å². The van der Waals surface area contributed by atoms with Crippen LogP contribution in [0, 0.1) is 0 Å². The lowest BCUT2D eigenvalue weighted by molar-refractivity contribution is 0.253. The van der Waals surface area contributed by atoms with Gasteiger partial charge in [0.05, 0.1) is 5.25 Å². The predicted molar refractivity (Wildman–Crippen MR) is 52.8 cm³/mol. The lowest BCUT2D eigenvalue weighted by Gasteiger charge is -2.22. The van der Waals surface area contributed by atoms with Crippen molar-refractivity contribution in [2.24, 2.45) is 5.14 Å². The van der Waals surface area contributed by atoms with E-state index in [0.29, 0.717) is 19.0 Å². The normalized spacial score (nSPS) is 27.8. The van der Waals surface area contributed by atoms with Crippen LogP contribution in [0.4, 0.5) is 0 Å². The second-order valence-electron chi connectivity index (χ2n) is 3.75. The van der Waals surface area contributed by atoms with Crippen LogP contribution in [0.5, 0.6) is 0 Å². The SMILES string of the molecule is CCC(C)N1CCC(S(N)(=O)=O)C1. The highest BCUT2D eigenvalue weighted by atomic mass is 32.2. The van der Waals surface area contributed by atoms with Gasteiger partial charge in [-0.25, -0.2) is 13.6 Å². The number of nitrogens with two attached hydrogens (primary N) is 1. The van der Waals surface area contributed by atoms with Crippen molar-refractivity contribution >= 4 is 10.0 Å². The molecule has 4 nitrogen and oxygen atoms in total. The number of hydrogen-bond acceptors (Lipinski definition) is 3. The van der Waals surface area contributed by atoms with E-state index in [1.165, 1.54) is 0 Å². The molecule has 1 saturated heterocycles. The third-order valence-corrected chi connectivity index (χ3v) is 4.17. The quantitative estimate of drug-likeness (QED) is 0.715. The first-order valence-corrected chi connectivity index (χ1v) is 6.31. The summed E-state index contributed by atoms with van der Waals surface area (Å²) in [5.41, 5.74) is 0. The van der Waals surface area contributed by atoms with Gasteiger partial charge in [-0.2, -0.15) is 0 Å². The standard InChI is InChI=1S/C8H18N2O2S/c1-3-7(2)10-5-4-8(6-10)13(9,11)12/h7-8H,3-6H2,1-2H3,(H2,9,11,12). The van der Waals surface area contributed by atoms with Crippen LogP contribution in [-0.2, 0) is 10.0 Å². The fourth-order valence-corrected chi connectivity index (χ4v) is 2.51. The van der Waals surface area contributed by atoms with Crippen LogP contribution in [-0.4, -0.2) is 37.7 Å². The van der Waals surface area contributed by atoms with Crippen molar-refractivity contribution in [1.82, 2.24) is 4.90 Å². The molecule has 0 saturated carbocycles. The van der Waals surface area contributed by atoms with Crippen LogP contribution in [0.1, 0.15) is 26.7 Å². The van der Waals surface area contributed by atoms with Crippen molar-refractivity contribution < 1.29 is 8.42 Å². The van der Waals surface area contributed by atoms with E-state index in [9.17, 15) is 8.42 Å². The lowest BCUT2D eigenvalue weighted by atomic mass is 10.2. The molecule has 0 aliphatic carbocycles. The van der Waals surface area contributed by atoms with Crippen LogP contribution in [0.3, 0.4) is 0 Å². The molecule has 1 fully saturated rings. The highest BCUT2D eigenvalue weighted by Crippen LogP contribution is 2.18. The topological polar surface area (TPSA) is 63.4 Å². The van der Waals surface area contributed by atoms with E-state index in [1.807, 2.05) is 0 Å². The Morgan fingerprint density at radius 2 is 2.23 bits per heavy atom. The molecule has 1 rings (SSSR count). The summed E-state index contributed by atoms with van der Waals surface area (Å²) >= 11 is 0. The summed E-state index contributed by atoms with van der Waals surface area (Å²) in [4.78, 5) is 2.19. The zero-order chi connectivity index (χ0) is 10.1. The second-order valence-corrected chi connectivity index (χ2v) is 5.60. The molecule has 0 aromatic heterocycles. The molecule has 1 aliphatic rings. The largest absolute Gasteiger partial charge is 0.299 e. The first-order valence-electron chi connectivity index (χ1n) is 4.70. The zero-order valence-corrected chi connectivity index (χ0v) is 9.05. The van der Waals surface area contributed by atoms with Gasteiger partial charge in [0.2, 0.25) is 10.0 Å². The van der Waals surface area contributed by atoms with Crippen LogP contribution < -0.4 is 5.14 Å². The van der Waals surface area contributed by atoms with Gasteiger partial charge in [-0.1, -0.05) is 6.92 Å². The van der Waals surface area contributed by atoms with E-state index in [0.717, 1.165) is 13.0 Å². The van der Waals surface area contributed by atoms with Crippen molar-refractivity contribution in [3.05, 3.63) is 0 Å². The molecule has 78 valence electrons. The predicted octanol–water partition coefficient (Wildman–Crippen LogP) is 0.148. The van der Waals surface area contributed by atoms with Gasteiger partial charge in [0.1, 0.15) is 0 Å². The van der Waals surface area contributed by atoms with E-state index >= 15 is 0 Å². The molecule has 2 atom stereocenters. The molecule has 0 aromatic carbocycles. The van der Waals surface area contributed by atoms with Gasteiger partial charge < -0.3 is 0 Å². The first kappa shape index (κ1) is 10.9. The fraction of sp³-hybridized carbons (Fsp3) is 1.00. The summed E-state index contributed by atoms with van der Waals surface area (Å²) in [7, 11) is -3.32. The van der Waals surface area contributed by atoms with Crippen molar-refractivity contribution in [3.63, 3.8) is 0 Å². The number of hydrogen-bond donors (Lipinski definition) is 1. The number of rotatable bonds is 3. The Morgan fingerprint density at radius 3 is 2.62 bits per heavy atom. The summed E-state index contributed by atoms with van der Waals surface area (Å²) in [6, 6.07) is 0.465. The third-order valence-electron chi connectivity index (χ3n) is 2.86. The van der Waals surface area contributed by atoms with E-state index in [-0.39, 0.29) is 5.25 Å². The minimum absolute atomic E-state index is 0.346. The number of primary sulfonamides is 1. The molecule has 13 heavy (non-hydrogen) atoms. The molecular formula is C8H18N2O2S. The molecule has 0 aromatic rings. The van der Waals surface area contributed by atoms with Crippen molar-refractivity contribution in [2.45, 2.75) is 38.0 Å². The van der Waals surface area contributed by atoms with Crippen LogP contribution in [0.2, 0.25) is 0 Å². The van der Waals surface area contributed by atoms with Gasteiger partial charge in [0.15, 0.2) is 0 Å². The molecule has 0 bridgehead atoms. The smallest absolute Gasteiger partial charge is 0.213 e. The lowest BCUT2D eigenvalue weighted by Crippen LogP contribution is -2.35. The average molecular weight is 206 g/mol. The second kappa shape index (κ2) is 3.94. The Labute approximate surface area is 80.1 Å². The van der Waals surface area contributed by atoms with Crippen LogP contribution >= 0.6 is 0 Å².